The minimum absolute atomic E-state index is 0.202. The number of hydrogen-bond acceptors (Lipinski definition) is 3. The first kappa shape index (κ1) is 22.6. The molecule has 0 amide bonds. The first-order valence-corrected chi connectivity index (χ1v) is 8.63. The molecular weight excluding hydrogens is 290 g/mol. The number of ether oxygens (including phenoxy) is 2. The lowest BCUT2D eigenvalue weighted by Crippen LogP contribution is -2.44. The van der Waals surface area contributed by atoms with Crippen LogP contribution in [0.4, 0.5) is 0 Å². The van der Waals surface area contributed by atoms with Crippen molar-refractivity contribution in [1.82, 2.24) is 0 Å². The van der Waals surface area contributed by atoms with Gasteiger partial charge in [-0.15, -0.1) is 6.58 Å². The molecule has 0 radical (unpaired) electrons. The molecule has 0 aliphatic carbocycles. The van der Waals surface area contributed by atoms with Crippen molar-refractivity contribution >= 4 is 0 Å². The van der Waals surface area contributed by atoms with Gasteiger partial charge in [-0.2, -0.15) is 0 Å². The van der Waals surface area contributed by atoms with Crippen LogP contribution >= 0.6 is 0 Å². The van der Waals surface area contributed by atoms with E-state index in [9.17, 15) is 5.11 Å². The standard InChI is InChI=1S/C19H40NO3/c1-16(2)10-12-22-18(3,4)11-13-23-19(5,6)14-17(21)15-20(7,8)9/h17,21H,1,10-15H2,2-9H3/q+1. The van der Waals surface area contributed by atoms with Crippen LogP contribution in [0.25, 0.3) is 0 Å². The van der Waals surface area contributed by atoms with Crippen molar-refractivity contribution in [1.29, 1.82) is 0 Å². The van der Waals surface area contributed by atoms with Crippen LogP contribution in [0, 0.1) is 0 Å². The molecule has 0 fully saturated rings. The van der Waals surface area contributed by atoms with Crippen LogP contribution in [0.1, 0.15) is 53.9 Å². The van der Waals surface area contributed by atoms with Gasteiger partial charge in [0.05, 0.1) is 45.6 Å². The molecule has 0 bridgehead atoms. The van der Waals surface area contributed by atoms with Crippen LogP contribution < -0.4 is 0 Å². The van der Waals surface area contributed by atoms with E-state index in [4.69, 9.17) is 9.47 Å². The van der Waals surface area contributed by atoms with E-state index in [2.05, 4.69) is 41.6 Å². The summed E-state index contributed by atoms with van der Waals surface area (Å²) >= 11 is 0. The molecule has 0 aromatic carbocycles. The van der Waals surface area contributed by atoms with Crippen LogP contribution in [0.15, 0.2) is 12.2 Å². The Balaban J connectivity index is 4.15. The summed E-state index contributed by atoms with van der Waals surface area (Å²) in [4.78, 5) is 0. The molecule has 0 rings (SSSR count). The van der Waals surface area contributed by atoms with Gasteiger partial charge in [0.1, 0.15) is 12.6 Å². The highest BCUT2D eigenvalue weighted by Gasteiger charge is 2.27. The summed E-state index contributed by atoms with van der Waals surface area (Å²) in [6.07, 6.45) is 2.01. The van der Waals surface area contributed by atoms with Crippen molar-refractivity contribution in [2.75, 3.05) is 40.9 Å². The maximum atomic E-state index is 10.2. The van der Waals surface area contributed by atoms with Crippen LogP contribution in [0.5, 0.6) is 0 Å². The monoisotopic (exact) mass is 330 g/mol. The number of aliphatic hydroxyl groups excluding tert-OH is 1. The zero-order valence-corrected chi connectivity index (χ0v) is 16.7. The largest absolute Gasteiger partial charge is 0.387 e. The zero-order chi connectivity index (χ0) is 18.3. The number of hydrogen-bond donors (Lipinski definition) is 1. The Morgan fingerprint density at radius 1 is 1.04 bits per heavy atom. The Morgan fingerprint density at radius 2 is 1.57 bits per heavy atom. The van der Waals surface area contributed by atoms with Crippen LogP contribution in [-0.4, -0.2) is 67.8 Å². The van der Waals surface area contributed by atoms with Gasteiger partial charge < -0.3 is 19.1 Å². The van der Waals surface area contributed by atoms with Gasteiger partial charge in [-0.3, -0.25) is 0 Å². The van der Waals surface area contributed by atoms with E-state index in [0.717, 1.165) is 29.4 Å². The average Bonchev–Trinajstić information content (AvgIpc) is 2.22. The summed E-state index contributed by atoms with van der Waals surface area (Å²) in [7, 11) is 6.26. The van der Waals surface area contributed by atoms with Gasteiger partial charge in [-0.25, -0.2) is 0 Å². The molecule has 138 valence electrons. The summed E-state index contributed by atoms with van der Waals surface area (Å²) in [6.45, 7) is 16.2. The Bertz CT molecular complexity index is 356. The second-order valence-electron chi connectivity index (χ2n) is 9.00. The van der Waals surface area contributed by atoms with Gasteiger partial charge in [0.25, 0.3) is 0 Å². The molecule has 4 heteroatoms. The highest BCUT2D eigenvalue weighted by atomic mass is 16.5. The molecule has 0 aliphatic heterocycles. The molecule has 0 heterocycles. The summed E-state index contributed by atoms with van der Waals surface area (Å²) in [6, 6.07) is 0. The smallest absolute Gasteiger partial charge is 0.106 e. The molecule has 0 saturated heterocycles. The first-order valence-electron chi connectivity index (χ1n) is 8.63. The normalized spacial score (nSPS) is 14.8. The lowest BCUT2D eigenvalue weighted by atomic mass is 9.99. The lowest BCUT2D eigenvalue weighted by molar-refractivity contribution is -0.873. The van der Waals surface area contributed by atoms with E-state index >= 15 is 0 Å². The summed E-state index contributed by atoms with van der Waals surface area (Å²) in [5.74, 6) is 0. The van der Waals surface area contributed by atoms with Crippen molar-refractivity contribution < 1.29 is 19.1 Å². The van der Waals surface area contributed by atoms with Crippen molar-refractivity contribution in [2.24, 2.45) is 0 Å². The molecule has 4 nitrogen and oxygen atoms in total. The van der Waals surface area contributed by atoms with Gasteiger partial charge >= 0.3 is 0 Å². The molecule has 0 aromatic heterocycles. The fourth-order valence-corrected chi connectivity index (χ4v) is 2.47. The lowest BCUT2D eigenvalue weighted by Gasteiger charge is -2.33. The van der Waals surface area contributed by atoms with E-state index in [-0.39, 0.29) is 17.3 Å². The Morgan fingerprint density at radius 3 is 2.04 bits per heavy atom. The number of quaternary nitrogens is 1. The van der Waals surface area contributed by atoms with E-state index in [1.165, 1.54) is 0 Å². The fraction of sp³-hybridized carbons (Fsp3) is 0.895. The van der Waals surface area contributed by atoms with E-state index in [1.54, 1.807) is 0 Å². The third-order valence-electron chi connectivity index (χ3n) is 3.70. The molecule has 23 heavy (non-hydrogen) atoms. The van der Waals surface area contributed by atoms with E-state index in [1.807, 2.05) is 20.8 Å². The Labute approximate surface area is 144 Å². The van der Waals surface area contributed by atoms with Gasteiger partial charge in [0.2, 0.25) is 0 Å². The summed E-state index contributed by atoms with van der Waals surface area (Å²) in [5, 5.41) is 10.2. The highest BCUT2D eigenvalue weighted by molar-refractivity contribution is 4.87. The molecule has 1 atom stereocenters. The predicted octanol–water partition coefficient (Wildman–Crippen LogP) is 3.39. The quantitative estimate of drug-likeness (QED) is 0.440. The van der Waals surface area contributed by atoms with Crippen LogP contribution in [0.3, 0.4) is 0 Å². The number of rotatable bonds is 12. The molecular formula is C19H40NO3+. The SMILES string of the molecule is C=C(C)CCOC(C)(C)CCOC(C)(C)CC(O)C[N+](C)(C)C. The summed E-state index contributed by atoms with van der Waals surface area (Å²) in [5.41, 5.74) is 0.610. The predicted molar refractivity (Wildman–Crippen MR) is 97.6 cm³/mol. The molecule has 0 aliphatic rings. The Hall–Kier alpha value is -0.420. The average molecular weight is 331 g/mol. The third kappa shape index (κ3) is 13.7. The van der Waals surface area contributed by atoms with E-state index < -0.39 is 0 Å². The van der Waals surface area contributed by atoms with Crippen molar-refractivity contribution in [2.45, 2.75) is 71.2 Å². The molecule has 1 unspecified atom stereocenters. The number of likely N-dealkylation sites (N-methyl/N-ethyl adjacent to an activating group) is 1. The van der Waals surface area contributed by atoms with Gasteiger partial charge in [0.15, 0.2) is 0 Å². The molecule has 0 spiro atoms. The zero-order valence-electron chi connectivity index (χ0n) is 16.7. The molecule has 0 aromatic rings. The van der Waals surface area contributed by atoms with Crippen molar-refractivity contribution in [3.05, 3.63) is 12.2 Å². The van der Waals surface area contributed by atoms with Gasteiger partial charge in [-0.1, -0.05) is 5.57 Å². The first-order chi connectivity index (χ1) is 10.2. The summed E-state index contributed by atoms with van der Waals surface area (Å²) < 4.78 is 12.7. The third-order valence-corrected chi connectivity index (χ3v) is 3.70. The van der Waals surface area contributed by atoms with E-state index in [0.29, 0.717) is 19.6 Å². The second kappa shape index (κ2) is 9.16. The fourth-order valence-electron chi connectivity index (χ4n) is 2.47. The van der Waals surface area contributed by atoms with Gasteiger partial charge in [-0.05, 0) is 47.5 Å². The maximum Gasteiger partial charge on any atom is 0.106 e. The topological polar surface area (TPSA) is 38.7 Å². The minimum atomic E-state index is -0.357. The van der Waals surface area contributed by atoms with Crippen molar-refractivity contribution in [3.63, 3.8) is 0 Å². The van der Waals surface area contributed by atoms with Crippen LogP contribution in [0.2, 0.25) is 0 Å². The molecule has 1 N–H and O–H groups in total. The molecule has 0 saturated carbocycles. The van der Waals surface area contributed by atoms with Gasteiger partial charge in [0, 0.05) is 6.42 Å². The second-order valence-corrected chi connectivity index (χ2v) is 9.00. The van der Waals surface area contributed by atoms with Crippen LogP contribution in [-0.2, 0) is 9.47 Å². The maximum absolute atomic E-state index is 10.2. The Kier molecular flexibility index (Phi) is 9.00. The number of aliphatic hydroxyl groups is 1. The minimum Gasteiger partial charge on any atom is -0.387 e. The van der Waals surface area contributed by atoms with Crippen molar-refractivity contribution in [3.8, 4) is 0 Å². The highest BCUT2D eigenvalue weighted by Crippen LogP contribution is 2.21. The number of nitrogens with zero attached hydrogens (tertiary/aromatic N) is 1.